The molecule has 2 rings (SSSR count). The highest BCUT2D eigenvalue weighted by molar-refractivity contribution is 14.1. The maximum atomic E-state index is 12.0. The van der Waals surface area contributed by atoms with E-state index >= 15 is 0 Å². The van der Waals surface area contributed by atoms with E-state index in [0.717, 1.165) is 15.0 Å². The molecule has 0 saturated heterocycles. The standard InChI is InChI=1S/C12H11IN2O/c1-15-7-6-14-12(15)8-11(16)9-4-2-3-5-10(9)13/h2-7H,8H2,1H3. The molecule has 0 fully saturated rings. The summed E-state index contributed by atoms with van der Waals surface area (Å²) in [5.41, 5.74) is 0.770. The number of carbonyl (C=O) groups excluding carboxylic acids is 1. The number of benzene rings is 1. The predicted octanol–water partition coefficient (Wildman–Crippen LogP) is 2.45. The van der Waals surface area contributed by atoms with Crippen LogP contribution in [-0.4, -0.2) is 15.3 Å². The quantitative estimate of drug-likeness (QED) is 0.641. The third-order valence-electron chi connectivity index (χ3n) is 2.41. The lowest BCUT2D eigenvalue weighted by molar-refractivity contribution is 0.0989. The summed E-state index contributed by atoms with van der Waals surface area (Å²) < 4.78 is 2.85. The van der Waals surface area contributed by atoms with Crippen LogP contribution in [0.5, 0.6) is 0 Å². The molecule has 0 aliphatic carbocycles. The first-order valence-corrected chi connectivity index (χ1v) is 6.00. The van der Waals surface area contributed by atoms with Gasteiger partial charge >= 0.3 is 0 Å². The van der Waals surface area contributed by atoms with Gasteiger partial charge in [-0.1, -0.05) is 18.2 Å². The number of Topliss-reactive ketones (excluding diaryl/α,β-unsaturated/α-hetero) is 1. The average molecular weight is 326 g/mol. The highest BCUT2D eigenvalue weighted by Gasteiger charge is 2.12. The van der Waals surface area contributed by atoms with Crippen molar-refractivity contribution in [3.63, 3.8) is 0 Å². The lowest BCUT2D eigenvalue weighted by atomic mass is 10.1. The van der Waals surface area contributed by atoms with Crippen LogP contribution in [0.25, 0.3) is 0 Å². The summed E-state index contributed by atoms with van der Waals surface area (Å²) in [4.78, 5) is 16.2. The van der Waals surface area contributed by atoms with E-state index in [1.807, 2.05) is 42.1 Å². The van der Waals surface area contributed by atoms with E-state index in [4.69, 9.17) is 0 Å². The molecule has 82 valence electrons. The first-order valence-electron chi connectivity index (χ1n) is 4.92. The number of aryl methyl sites for hydroxylation is 1. The topological polar surface area (TPSA) is 34.9 Å². The van der Waals surface area contributed by atoms with Crippen LogP contribution in [0.4, 0.5) is 0 Å². The second kappa shape index (κ2) is 4.78. The third-order valence-corrected chi connectivity index (χ3v) is 3.35. The number of carbonyl (C=O) groups is 1. The molecule has 0 aliphatic heterocycles. The molecule has 16 heavy (non-hydrogen) atoms. The van der Waals surface area contributed by atoms with Crippen molar-refractivity contribution in [2.75, 3.05) is 0 Å². The van der Waals surface area contributed by atoms with Crippen LogP contribution in [0.2, 0.25) is 0 Å². The number of rotatable bonds is 3. The number of halogens is 1. The predicted molar refractivity (Wildman–Crippen MR) is 70.4 cm³/mol. The minimum atomic E-state index is 0.110. The summed E-state index contributed by atoms with van der Waals surface area (Å²) in [5.74, 6) is 0.906. The van der Waals surface area contributed by atoms with Crippen molar-refractivity contribution in [3.05, 3.63) is 51.6 Å². The van der Waals surface area contributed by atoms with Crippen molar-refractivity contribution in [2.45, 2.75) is 6.42 Å². The van der Waals surface area contributed by atoms with Crippen molar-refractivity contribution in [2.24, 2.45) is 7.05 Å². The summed E-state index contributed by atoms with van der Waals surface area (Å²) in [6, 6.07) is 7.60. The summed E-state index contributed by atoms with van der Waals surface area (Å²) in [5, 5.41) is 0. The molecule has 0 saturated carbocycles. The van der Waals surface area contributed by atoms with Crippen molar-refractivity contribution >= 4 is 28.4 Å². The van der Waals surface area contributed by atoms with E-state index in [9.17, 15) is 4.79 Å². The van der Waals surface area contributed by atoms with Gasteiger partial charge in [0.05, 0.1) is 6.42 Å². The largest absolute Gasteiger partial charge is 0.338 e. The molecule has 0 atom stereocenters. The van der Waals surface area contributed by atoms with Gasteiger partial charge in [0.1, 0.15) is 5.82 Å². The van der Waals surface area contributed by atoms with Crippen LogP contribution in [0.3, 0.4) is 0 Å². The summed E-state index contributed by atoms with van der Waals surface area (Å²) in [6.07, 6.45) is 3.90. The molecular formula is C12H11IN2O. The second-order valence-corrected chi connectivity index (χ2v) is 4.70. The first-order chi connectivity index (χ1) is 7.68. The zero-order chi connectivity index (χ0) is 11.5. The monoisotopic (exact) mass is 326 g/mol. The van der Waals surface area contributed by atoms with Crippen LogP contribution in [0, 0.1) is 3.57 Å². The number of imidazole rings is 1. The second-order valence-electron chi connectivity index (χ2n) is 3.53. The van der Waals surface area contributed by atoms with E-state index < -0.39 is 0 Å². The molecule has 0 amide bonds. The Morgan fingerprint density at radius 1 is 1.44 bits per heavy atom. The van der Waals surface area contributed by atoms with Gasteiger partial charge in [0.15, 0.2) is 5.78 Å². The molecule has 1 heterocycles. The van der Waals surface area contributed by atoms with Gasteiger partial charge < -0.3 is 4.57 Å². The Balaban J connectivity index is 2.22. The summed E-state index contributed by atoms with van der Waals surface area (Å²) >= 11 is 2.18. The van der Waals surface area contributed by atoms with Gasteiger partial charge in [0.25, 0.3) is 0 Å². The SMILES string of the molecule is Cn1ccnc1CC(=O)c1ccccc1I. The Kier molecular flexibility index (Phi) is 3.38. The van der Waals surface area contributed by atoms with Crippen molar-refractivity contribution < 1.29 is 4.79 Å². The lowest BCUT2D eigenvalue weighted by Crippen LogP contribution is -2.09. The van der Waals surface area contributed by atoms with E-state index in [-0.39, 0.29) is 5.78 Å². The smallest absolute Gasteiger partial charge is 0.171 e. The molecule has 4 heteroatoms. The molecule has 0 spiro atoms. The molecular weight excluding hydrogens is 315 g/mol. The Hall–Kier alpha value is -1.17. The van der Waals surface area contributed by atoms with Gasteiger partial charge in [-0.3, -0.25) is 4.79 Å². The number of hydrogen-bond acceptors (Lipinski definition) is 2. The zero-order valence-electron chi connectivity index (χ0n) is 8.85. The fourth-order valence-corrected chi connectivity index (χ4v) is 2.18. The van der Waals surface area contributed by atoms with Gasteiger partial charge in [-0.2, -0.15) is 0 Å². The Morgan fingerprint density at radius 2 is 2.19 bits per heavy atom. The molecule has 0 N–H and O–H groups in total. The van der Waals surface area contributed by atoms with Gasteiger partial charge in [-0.15, -0.1) is 0 Å². The number of ketones is 1. The lowest BCUT2D eigenvalue weighted by Gasteiger charge is -2.03. The van der Waals surface area contributed by atoms with E-state index in [1.54, 1.807) is 6.20 Å². The Bertz CT molecular complexity index is 519. The van der Waals surface area contributed by atoms with Gasteiger partial charge in [-0.05, 0) is 28.7 Å². The number of nitrogens with zero attached hydrogens (tertiary/aromatic N) is 2. The third kappa shape index (κ3) is 2.32. The minimum absolute atomic E-state index is 0.110. The molecule has 1 aromatic carbocycles. The van der Waals surface area contributed by atoms with Crippen molar-refractivity contribution in [3.8, 4) is 0 Å². The molecule has 2 aromatic rings. The van der Waals surface area contributed by atoms with Gasteiger partial charge in [0, 0.05) is 28.6 Å². The summed E-state index contributed by atoms with van der Waals surface area (Å²) in [7, 11) is 1.89. The zero-order valence-corrected chi connectivity index (χ0v) is 11.0. The number of aromatic nitrogens is 2. The molecule has 1 aromatic heterocycles. The van der Waals surface area contributed by atoms with Crippen molar-refractivity contribution in [1.29, 1.82) is 0 Å². The maximum absolute atomic E-state index is 12.0. The highest BCUT2D eigenvalue weighted by atomic mass is 127. The first kappa shape index (κ1) is 11.3. The average Bonchev–Trinajstić information content (AvgIpc) is 2.65. The van der Waals surface area contributed by atoms with Crippen LogP contribution in [0.15, 0.2) is 36.7 Å². The van der Waals surface area contributed by atoms with Crippen LogP contribution < -0.4 is 0 Å². The fourth-order valence-electron chi connectivity index (χ4n) is 1.49. The van der Waals surface area contributed by atoms with Crippen LogP contribution in [0.1, 0.15) is 16.2 Å². The Morgan fingerprint density at radius 3 is 2.81 bits per heavy atom. The number of hydrogen-bond donors (Lipinski definition) is 0. The van der Waals surface area contributed by atoms with Crippen LogP contribution >= 0.6 is 22.6 Å². The van der Waals surface area contributed by atoms with Gasteiger partial charge in [-0.25, -0.2) is 4.98 Å². The molecule has 0 aliphatic rings. The van der Waals surface area contributed by atoms with Gasteiger partial charge in [0.2, 0.25) is 0 Å². The van der Waals surface area contributed by atoms with E-state index in [0.29, 0.717) is 6.42 Å². The molecule has 0 unspecified atom stereocenters. The van der Waals surface area contributed by atoms with E-state index in [1.165, 1.54) is 0 Å². The fraction of sp³-hybridized carbons (Fsp3) is 0.167. The maximum Gasteiger partial charge on any atom is 0.171 e. The molecule has 0 bridgehead atoms. The molecule has 3 nitrogen and oxygen atoms in total. The highest BCUT2D eigenvalue weighted by Crippen LogP contribution is 2.13. The van der Waals surface area contributed by atoms with Crippen molar-refractivity contribution in [1.82, 2.24) is 9.55 Å². The summed E-state index contributed by atoms with van der Waals surface area (Å²) in [6.45, 7) is 0. The minimum Gasteiger partial charge on any atom is -0.338 e. The normalized spacial score (nSPS) is 10.4. The van der Waals surface area contributed by atoms with Crippen LogP contribution in [-0.2, 0) is 13.5 Å². The molecule has 0 radical (unpaired) electrons. The Labute approximate surface area is 108 Å². The van der Waals surface area contributed by atoms with E-state index in [2.05, 4.69) is 27.6 Å².